The topological polar surface area (TPSA) is 79.3 Å². The molecule has 2 rings (SSSR count). The number of carboxylic acid groups (broad SMARTS) is 1. The minimum absolute atomic E-state index is 0.0240. The van der Waals surface area contributed by atoms with Crippen molar-refractivity contribution < 1.29 is 14.7 Å². The Morgan fingerprint density at radius 1 is 1.42 bits per heavy atom. The van der Waals surface area contributed by atoms with E-state index in [2.05, 4.69) is 10.3 Å². The summed E-state index contributed by atoms with van der Waals surface area (Å²) in [4.78, 5) is 26.9. The third kappa shape index (κ3) is 4.02. The molecule has 5 nitrogen and oxygen atoms in total. The minimum atomic E-state index is -0.720. The molecule has 6 heteroatoms. The SMILES string of the molecule is Cc1nc(CC(=O)NC2CCC(C(=O)O)CC2)cs1. The van der Waals surface area contributed by atoms with Crippen LogP contribution in [0, 0.1) is 12.8 Å². The number of amides is 1. The number of nitrogens with zero attached hydrogens (tertiary/aromatic N) is 1. The van der Waals surface area contributed by atoms with Crippen molar-refractivity contribution in [1.29, 1.82) is 0 Å². The van der Waals surface area contributed by atoms with Gasteiger partial charge in [0, 0.05) is 11.4 Å². The maximum absolute atomic E-state index is 11.8. The van der Waals surface area contributed by atoms with E-state index in [9.17, 15) is 9.59 Å². The van der Waals surface area contributed by atoms with E-state index in [4.69, 9.17) is 5.11 Å². The smallest absolute Gasteiger partial charge is 0.306 e. The molecule has 19 heavy (non-hydrogen) atoms. The van der Waals surface area contributed by atoms with E-state index in [1.54, 1.807) is 0 Å². The van der Waals surface area contributed by atoms with Gasteiger partial charge in [0.05, 0.1) is 23.0 Å². The van der Waals surface area contributed by atoms with Gasteiger partial charge < -0.3 is 10.4 Å². The third-order valence-electron chi connectivity index (χ3n) is 3.45. The molecule has 0 aliphatic heterocycles. The zero-order valence-corrected chi connectivity index (χ0v) is 11.7. The number of aryl methyl sites for hydroxylation is 1. The van der Waals surface area contributed by atoms with Crippen LogP contribution in [0.25, 0.3) is 0 Å². The number of nitrogens with one attached hydrogen (secondary N) is 1. The Bertz CT molecular complexity index is 464. The Morgan fingerprint density at radius 2 is 2.11 bits per heavy atom. The Balaban J connectivity index is 1.76. The highest BCUT2D eigenvalue weighted by Gasteiger charge is 2.26. The third-order valence-corrected chi connectivity index (χ3v) is 4.27. The van der Waals surface area contributed by atoms with Gasteiger partial charge >= 0.3 is 5.97 Å². The van der Waals surface area contributed by atoms with Crippen LogP contribution in [0.1, 0.15) is 36.4 Å². The minimum Gasteiger partial charge on any atom is -0.481 e. The fraction of sp³-hybridized carbons (Fsp3) is 0.615. The van der Waals surface area contributed by atoms with Crippen molar-refractivity contribution in [2.75, 3.05) is 0 Å². The first-order valence-electron chi connectivity index (χ1n) is 6.48. The van der Waals surface area contributed by atoms with Crippen molar-refractivity contribution in [3.05, 3.63) is 16.1 Å². The maximum Gasteiger partial charge on any atom is 0.306 e. The molecule has 104 valence electrons. The second-order valence-corrected chi connectivity index (χ2v) is 6.05. The number of carboxylic acids is 1. The first-order valence-corrected chi connectivity index (χ1v) is 7.35. The summed E-state index contributed by atoms with van der Waals surface area (Å²) in [5.74, 6) is -0.985. The highest BCUT2D eigenvalue weighted by molar-refractivity contribution is 7.09. The van der Waals surface area contributed by atoms with E-state index < -0.39 is 5.97 Å². The predicted molar refractivity (Wildman–Crippen MR) is 72.1 cm³/mol. The second-order valence-electron chi connectivity index (χ2n) is 4.99. The van der Waals surface area contributed by atoms with Gasteiger partial charge in [-0.25, -0.2) is 4.98 Å². The summed E-state index contributed by atoms with van der Waals surface area (Å²) >= 11 is 1.54. The molecule has 0 radical (unpaired) electrons. The standard InChI is InChI=1S/C13H18N2O3S/c1-8-14-11(7-19-8)6-12(16)15-10-4-2-9(3-5-10)13(17)18/h7,9-10H,2-6H2,1H3,(H,15,16)(H,17,18). The number of carbonyl (C=O) groups excluding carboxylic acids is 1. The van der Waals surface area contributed by atoms with Crippen molar-refractivity contribution in [3.63, 3.8) is 0 Å². The normalized spacial score (nSPS) is 23.0. The Morgan fingerprint density at radius 3 is 2.63 bits per heavy atom. The first kappa shape index (κ1) is 14.0. The van der Waals surface area contributed by atoms with Gasteiger partial charge in [-0.1, -0.05) is 0 Å². The molecule has 1 aliphatic rings. The molecule has 2 N–H and O–H groups in total. The molecule has 0 saturated heterocycles. The van der Waals surface area contributed by atoms with E-state index in [1.165, 1.54) is 11.3 Å². The number of hydrogen-bond acceptors (Lipinski definition) is 4. The molecule has 0 atom stereocenters. The Labute approximate surface area is 116 Å². The average molecular weight is 282 g/mol. The van der Waals surface area contributed by atoms with Crippen molar-refractivity contribution in [1.82, 2.24) is 10.3 Å². The second kappa shape index (κ2) is 6.14. The number of thiazole rings is 1. The zero-order valence-electron chi connectivity index (χ0n) is 10.9. The number of carbonyl (C=O) groups is 2. The fourth-order valence-corrected chi connectivity index (χ4v) is 3.03. The van der Waals surface area contributed by atoms with Gasteiger partial charge in [-0.3, -0.25) is 9.59 Å². The monoisotopic (exact) mass is 282 g/mol. The number of aromatic nitrogens is 1. The highest BCUT2D eigenvalue weighted by atomic mass is 32.1. The van der Waals surface area contributed by atoms with Crippen LogP contribution in [-0.4, -0.2) is 28.0 Å². The summed E-state index contributed by atoms with van der Waals surface area (Å²) in [7, 11) is 0. The predicted octanol–water partition coefficient (Wildman–Crippen LogP) is 1.75. The van der Waals surface area contributed by atoms with Crippen LogP contribution in [0.3, 0.4) is 0 Å². The Hall–Kier alpha value is -1.43. The molecular weight excluding hydrogens is 264 g/mol. The van der Waals surface area contributed by atoms with E-state index in [1.807, 2.05) is 12.3 Å². The van der Waals surface area contributed by atoms with Gasteiger partial charge in [0.25, 0.3) is 0 Å². The van der Waals surface area contributed by atoms with Gasteiger partial charge in [0.15, 0.2) is 0 Å². The molecule has 0 spiro atoms. The van der Waals surface area contributed by atoms with Gasteiger partial charge in [-0.2, -0.15) is 0 Å². The van der Waals surface area contributed by atoms with E-state index >= 15 is 0 Å². The molecule has 1 aromatic rings. The molecule has 1 saturated carbocycles. The lowest BCUT2D eigenvalue weighted by Gasteiger charge is -2.26. The summed E-state index contributed by atoms with van der Waals surface area (Å²) in [6.07, 6.45) is 3.10. The van der Waals surface area contributed by atoms with Crippen LogP contribution in [0.15, 0.2) is 5.38 Å². The molecule has 0 unspecified atom stereocenters. The van der Waals surface area contributed by atoms with Crippen LogP contribution < -0.4 is 5.32 Å². The van der Waals surface area contributed by atoms with Gasteiger partial charge in [0.1, 0.15) is 0 Å². The van der Waals surface area contributed by atoms with Crippen LogP contribution in [-0.2, 0) is 16.0 Å². The number of aliphatic carboxylic acids is 1. The van der Waals surface area contributed by atoms with Crippen molar-refractivity contribution in [2.45, 2.75) is 45.1 Å². The lowest BCUT2D eigenvalue weighted by molar-refractivity contribution is -0.142. The first-order chi connectivity index (χ1) is 9.04. The van der Waals surface area contributed by atoms with Gasteiger partial charge in [-0.15, -0.1) is 11.3 Å². The molecule has 1 aromatic heterocycles. The van der Waals surface area contributed by atoms with E-state index in [-0.39, 0.29) is 17.9 Å². The lowest BCUT2D eigenvalue weighted by atomic mass is 9.86. The number of rotatable bonds is 4. The summed E-state index contributed by atoms with van der Waals surface area (Å²) in [5, 5.41) is 14.7. The van der Waals surface area contributed by atoms with Crippen molar-refractivity contribution in [3.8, 4) is 0 Å². The molecule has 1 aliphatic carbocycles. The molecule has 1 fully saturated rings. The summed E-state index contributed by atoms with van der Waals surface area (Å²) < 4.78 is 0. The van der Waals surface area contributed by atoms with Crippen molar-refractivity contribution in [2.24, 2.45) is 5.92 Å². The average Bonchev–Trinajstić information content (AvgIpc) is 2.75. The molecule has 0 aromatic carbocycles. The molecular formula is C13H18N2O3S. The summed E-state index contributed by atoms with van der Waals surface area (Å²) in [6, 6.07) is 0.114. The van der Waals surface area contributed by atoms with Crippen LogP contribution in [0.5, 0.6) is 0 Å². The fourth-order valence-electron chi connectivity index (χ4n) is 2.42. The van der Waals surface area contributed by atoms with E-state index in [0.717, 1.165) is 23.5 Å². The zero-order chi connectivity index (χ0) is 13.8. The summed E-state index contributed by atoms with van der Waals surface area (Å²) in [5.41, 5.74) is 0.805. The molecule has 1 amide bonds. The summed E-state index contributed by atoms with van der Waals surface area (Å²) in [6.45, 7) is 1.92. The van der Waals surface area contributed by atoms with Crippen LogP contribution in [0.4, 0.5) is 0 Å². The molecule has 1 heterocycles. The maximum atomic E-state index is 11.8. The van der Waals surface area contributed by atoms with Gasteiger partial charge in [-0.05, 0) is 32.6 Å². The quantitative estimate of drug-likeness (QED) is 0.882. The number of hydrogen-bond donors (Lipinski definition) is 2. The van der Waals surface area contributed by atoms with Gasteiger partial charge in [0.2, 0.25) is 5.91 Å². The van der Waals surface area contributed by atoms with Crippen molar-refractivity contribution >= 4 is 23.2 Å². The largest absolute Gasteiger partial charge is 0.481 e. The molecule has 0 bridgehead atoms. The van der Waals surface area contributed by atoms with E-state index in [0.29, 0.717) is 19.3 Å². The lowest BCUT2D eigenvalue weighted by Crippen LogP contribution is -2.39. The van der Waals surface area contributed by atoms with Crippen LogP contribution >= 0.6 is 11.3 Å². The van der Waals surface area contributed by atoms with Crippen LogP contribution in [0.2, 0.25) is 0 Å². The highest BCUT2D eigenvalue weighted by Crippen LogP contribution is 2.24. The Kier molecular flexibility index (Phi) is 4.52.